The van der Waals surface area contributed by atoms with Gasteiger partial charge in [-0.3, -0.25) is 4.90 Å². The molecular formula is C27H36FN5O2. The lowest BCUT2D eigenvalue weighted by molar-refractivity contribution is 0.0157. The van der Waals surface area contributed by atoms with Crippen LogP contribution in [0.15, 0.2) is 36.7 Å². The Labute approximate surface area is 206 Å². The third-order valence-corrected chi connectivity index (χ3v) is 7.22. The number of H-pyrrole nitrogens is 1. The van der Waals surface area contributed by atoms with Crippen molar-refractivity contribution in [2.45, 2.75) is 63.9 Å². The molecule has 8 heteroatoms. The average molecular weight is 482 g/mol. The molecule has 188 valence electrons. The van der Waals surface area contributed by atoms with Crippen LogP contribution in [0.3, 0.4) is 0 Å². The number of aliphatic hydroxyl groups is 1. The summed E-state index contributed by atoms with van der Waals surface area (Å²) >= 11 is 0. The number of aromatic nitrogens is 3. The fraction of sp³-hybridized carbons (Fsp3) is 0.556. The van der Waals surface area contributed by atoms with E-state index >= 15 is 0 Å². The molecule has 1 aromatic carbocycles. The zero-order valence-corrected chi connectivity index (χ0v) is 20.9. The highest BCUT2D eigenvalue weighted by Gasteiger charge is 2.38. The minimum absolute atomic E-state index is 0.0548. The molecule has 0 amide bonds. The Morgan fingerprint density at radius 3 is 2.57 bits per heavy atom. The van der Waals surface area contributed by atoms with Gasteiger partial charge in [0.25, 0.3) is 0 Å². The van der Waals surface area contributed by atoms with Crippen LogP contribution in [0.5, 0.6) is 0 Å². The zero-order valence-electron chi connectivity index (χ0n) is 20.9. The molecule has 1 saturated heterocycles. The highest BCUT2D eigenvalue weighted by Crippen LogP contribution is 2.41. The molecule has 2 N–H and O–H groups in total. The second-order valence-corrected chi connectivity index (χ2v) is 10.5. The first-order valence-electron chi connectivity index (χ1n) is 12.7. The van der Waals surface area contributed by atoms with Gasteiger partial charge in [0.2, 0.25) is 5.95 Å². The van der Waals surface area contributed by atoms with E-state index in [0.717, 1.165) is 49.1 Å². The van der Waals surface area contributed by atoms with Gasteiger partial charge < -0.3 is 19.7 Å². The van der Waals surface area contributed by atoms with Gasteiger partial charge in [0.1, 0.15) is 5.67 Å². The van der Waals surface area contributed by atoms with Crippen LogP contribution in [-0.4, -0.2) is 75.6 Å². The van der Waals surface area contributed by atoms with E-state index in [9.17, 15) is 4.39 Å². The third-order valence-electron chi connectivity index (χ3n) is 7.22. The van der Waals surface area contributed by atoms with Crippen LogP contribution in [0.25, 0.3) is 10.9 Å². The summed E-state index contributed by atoms with van der Waals surface area (Å²) in [4.78, 5) is 17.6. The lowest BCUT2D eigenvalue weighted by atomic mass is 9.88. The summed E-state index contributed by atoms with van der Waals surface area (Å²) in [5, 5.41) is 10.2. The molecule has 0 radical (unpaired) electrons. The van der Waals surface area contributed by atoms with Gasteiger partial charge in [-0.2, -0.15) is 0 Å². The van der Waals surface area contributed by atoms with E-state index in [1.54, 1.807) is 13.8 Å². The van der Waals surface area contributed by atoms with Crippen molar-refractivity contribution in [3.05, 3.63) is 53.5 Å². The molecule has 0 saturated carbocycles. The first-order chi connectivity index (χ1) is 16.8. The Bertz CT molecular complexity index is 1130. The number of halogens is 1. The standard InChI is InChI=1S/C27H36FN5O2/c1-18-14-22-21-6-4-5-7-23(21)31-24(22)25(33(18)17-27(2,3)28)19-15-29-26(30-16-19)32-10-8-20(9-11-32)35-13-12-34/h4-7,15-16,18,20,25,31,34H,8-14,17H2,1-3H3/t18-,25-/m1/s1. The van der Waals surface area contributed by atoms with E-state index in [1.165, 1.54) is 10.9 Å². The number of para-hydroxylation sites is 1. The van der Waals surface area contributed by atoms with Crippen LogP contribution in [0, 0.1) is 0 Å². The van der Waals surface area contributed by atoms with Gasteiger partial charge in [-0.05, 0) is 51.7 Å². The van der Waals surface area contributed by atoms with Gasteiger partial charge in [0.05, 0.1) is 25.4 Å². The number of hydrogen-bond acceptors (Lipinski definition) is 6. The summed E-state index contributed by atoms with van der Waals surface area (Å²) in [5.41, 5.74) is 3.18. The molecule has 0 bridgehead atoms. The number of anilines is 1. The lowest BCUT2D eigenvalue weighted by Crippen LogP contribution is -2.47. The van der Waals surface area contributed by atoms with E-state index in [-0.39, 0.29) is 24.8 Å². The summed E-state index contributed by atoms with van der Waals surface area (Å²) in [6.45, 7) is 7.89. The lowest BCUT2D eigenvalue weighted by Gasteiger charge is -2.42. The summed E-state index contributed by atoms with van der Waals surface area (Å²) in [5.74, 6) is 0.715. The van der Waals surface area contributed by atoms with Crippen molar-refractivity contribution < 1.29 is 14.2 Å². The van der Waals surface area contributed by atoms with Crippen LogP contribution in [0.4, 0.5) is 10.3 Å². The maximum absolute atomic E-state index is 14.9. The van der Waals surface area contributed by atoms with Gasteiger partial charge in [0, 0.05) is 60.2 Å². The van der Waals surface area contributed by atoms with E-state index in [4.69, 9.17) is 19.8 Å². The molecule has 7 nitrogen and oxygen atoms in total. The van der Waals surface area contributed by atoms with Gasteiger partial charge in [-0.1, -0.05) is 18.2 Å². The van der Waals surface area contributed by atoms with Gasteiger partial charge >= 0.3 is 0 Å². The van der Waals surface area contributed by atoms with Crippen LogP contribution in [-0.2, 0) is 11.2 Å². The Morgan fingerprint density at radius 1 is 1.17 bits per heavy atom. The monoisotopic (exact) mass is 481 g/mol. The first kappa shape index (κ1) is 24.2. The molecule has 4 heterocycles. The number of aliphatic hydroxyl groups excluding tert-OH is 1. The smallest absolute Gasteiger partial charge is 0.225 e. The number of benzene rings is 1. The number of fused-ring (bicyclic) bond motifs is 3. The van der Waals surface area contributed by atoms with Crippen LogP contribution >= 0.6 is 0 Å². The molecule has 3 aromatic rings. The molecule has 0 spiro atoms. The predicted molar refractivity (Wildman–Crippen MR) is 136 cm³/mol. The van der Waals surface area contributed by atoms with E-state index in [0.29, 0.717) is 19.1 Å². The largest absolute Gasteiger partial charge is 0.394 e. The molecule has 2 aliphatic rings. The van der Waals surface area contributed by atoms with Crippen molar-refractivity contribution in [3.63, 3.8) is 0 Å². The van der Waals surface area contributed by atoms with Crippen molar-refractivity contribution in [2.24, 2.45) is 0 Å². The number of alkyl halides is 1. The quantitative estimate of drug-likeness (QED) is 0.531. The number of ether oxygens (including phenoxy) is 1. The van der Waals surface area contributed by atoms with Gasteiger partial charge in [-0.25, -0.2) is 14.4 Å². The third kappa shape index (κ3) is 5.06. The van der Waals surface area contributed by atoms with Crippen LogP contribution in [0.2, 0.25) is 0 Å². The second-order valence-electron chi connectivity index (χ2n) is 10.5. The van der Waals surface area contributed by atoms with E-state index in [1.807, 2.05) is 18.5 Å². The maximum atomic E-state index is 14.9. The molecule has 0 aliphatic carbocycles. The minimum Gasteiger partial charge on any atom is -0.394 e. The highest BCUT2D eigenvalue weighted by atomic mass is 19.1. The molecular weight excluding hydrogens is 445 g/mol. The Morgan fingerprint density at radius 2 is 1.89 bits per heavy atom. The van der Waals surface area contributed by atoms with Crippen molar-refractivity contribution in [1.82, 2.24) is 19.9 Å². The maximum Gasteiger partial charge on any atom is 0.225 e. The summed E-state index contributed by atoms with van der Waals surface area (Å²) in [6, 6.07) is 8.43. The molecule has 2 aliphatic heterocycles. The first-order valence-corrected chi connectivity index (χ1v) is 12.7. The molecule has 1 fully saturated rings. The van der Waals surface area contributed by atoms with E-state index in [2.05, 4.69) is 39.9 Å². The molecule has 0 unspecified atom stereocenters. The van der Waals surface area contributed by atoms with Gasteiger partial charge in [-0.15, -0.1) is 0 Å². The van der Waals surface area contributed by atoms with Gasteiger partial charge in [0.15, 0.2) is 0 Å². The summed E-state index contributed by atoms with van der Waals surface area (Å²) in [6.07, 6.45) is 6.66. The molecule has 2 aromatic heterocycles. The van der Waals surface area contributed by atoms with Crippen molar-refractivity contribution >= 4 is 16.9 Å². The van der Waals surface area contributed by atoms with Crippen molar-refractivity contribution in [2.75, 3.05) is 37.7 Å². The fourth-order valence-corrected chi connectivity index (χ4v) is 5.62. The van der Waals surface area contributed by atoms with Crippen molar-refractivity contribution in [1.29, 1.82) is 0 Å². The Balaban J connectivity index is 1.43. The topological polar surface area (TPSA) is 77.5 Å². The number of piperidine rings is 1. The molecule has 2 atom stereocenters. The number of aromatic amines is 1. The SMILES string of the molecule is C[C@@H]1Cc2c([nH]c3ccccc23)[C@@H](c2cnc(N3CCC(OCCO)CC3)nc2)N1CC(C)(C)F. The second kappa shape index (κ2) is 9.84. The Hall–Kier alpha value is -2.55. The summed E-state index contributed by atoms with van der Waals surface area (Å²) < 4.78 is 20.6. The van der Waals surface area contributed by atoms with Crippen LogP contribution < -0.4 is 4.90 Å². The zero-order chi connectivity index (χ0) is 24.6. The normalized spacial score (nSPS) is 22.0. The minimum atomic E-state index is -1.32. The van der Waals surface area contributed by atoms with Crippen molar-refractivity contribution in [3.8, 4) is 0 Å². The highest BCUT2D eigenvalue weighted by molar-refractivity contribution is 5.85. The van der Waals surface area contributed by atoms with E-state index < -0.39 is 5.67 Å². The number of rotatable bonds is 7. The fourth-order valence-electron chi connectivity index (χ4n) is 5.62. The number of nitrogens with one attached hydrogen (secondary N) is 1. The average Bonchev–Trinajstić information content (AvgIpc) is 3.21. The Kier molecular flexibility index (Phi) is 6.79. The van der Waals surface area contributed by atoms with Crippen LogP contribution in [0.1, 0.15) is 56.5 Å². The predicted octanol–water partition coefficient (Wildman–Crippen LogP) is 4.02. The number of hydrogen-bond donors (Lipinski definition) is 2. The number of nitrogens with zero attached hydrogens (tertiary/aromatic N) is 4. The molecule has 5 rings (SSSR count). The summed E-state index contributed by atoms with van der Waals surface area (Å²) in [7, 11) is 0. The molecule has 35 heavy (non-hydrogen) atoms.